The van der Waals surface area contributed by atoms with Crippen molar-refractivity contribution in [1.82, 2.24) is 10.2 Å². The number of nitrogens with one attached hydrogen (secondary N) is 1. The maximum atomic E-state index is 5.99. The largest absolute Gasteiger partial charge is 0.378 e. The van der Waals surface area contributed by atoms with Gasteiger partial charge in [0.2, 0.25) is 0 Å². The van der Waals surface area contributed by atoms with Gasteiger partial charge in [-0.2, -0.15) is 0 Å². The molecule has 3 aliphatic heterocycles. The first kappa shape index (κ1) is 13.8. The third-order valence-electron chi connectivity index (χ3n) is 4.98. The van der Waals surface area contributed by atoms with Crippen LogP contribution in [0.4, 0.5) is 0 Å². The summed E-state index contributed by atoms with van der Waals surface area (Å²) < 4.78 is 11.5. The minimum absolute atomic E-state index is 0.0409. The molecule has 0 bridgehead atoms. The van der Waals surface area contributed by atoms with Gasteiger partial charge in [0.15, 0.2) is 0 Å². The van der Waals surface area contributed by atoms with E-state index in [1.54, 1.807) is 0 Å². The number of likely N-dealkylation sites (tertiary alicyclic amines) is 1. The minimum atomic E-state index is 0.0409. The number of rotatable bonds is 3. The normalized spacial score (nSPS) is 40.9. The predicted molar refractivity (Wildman–Crippen MR) is 75.4 cm³/mol. The first-order valence-electron chi connectivity index (χ1n) is 7.89. The highest BCUT2D eigenvalue weighted by Gasteiger charge is 2.40. The molecule has 0 saturated carbocycles. The molecule has 0 aliphatic carbocycles. The Balaban J connectivity index is 1.44. The molecule has 0 aromatic heterocycles. The molecule has 3 aliphatic rings. The van der Waals surface area contributed by atoms with Crippen LogP contribution in [-0.2, 0) is 9.47 Å². The molecule has 3 rings (SSSR count). The van der Waals surface area contributed by atoms with Crippen LogP contribution in [0.5, 0.6) is 0 Å². The zero-order valence-electron chi connectivity index (χ0n) is 12.2. The van der Waals surface area contributed by atoms with E-state index < -0.39 is 0 Å². The van der Waals surface area contributed by atoms with E-state index in [2.05, 4.69) is 17.3 Å². The van der Waals surface area contributed by atoms with Gasteiger partial charge < -0.3 is 19.7 Å². The second kappa shape index (κ2) is 6.08. The maximum absolute atomic E-state index is 5.99. The van der Waals surface area contributed by atoms with Crippen LogP contribution in [-0.4, -0.2) is 63.0 Å². The van der Waals surface area contributed by atoms with Gasteiger partial charge in [0.1, 0.15) is 0 Å². The molecule has 0 amide bonds. The van der Waals surface area contributed by atoms with Crippen molar-refractivity contribution in [3.05, 3.63) is 0 Å². The summed E-state index contributed by atoms with van der Waals surface area (Å²) in [6.45, 7) is 6.27. The Hall–Kier alpha value is -0.160. The quantitative estimate of drug-likeness (QED) is 0.835. The third-order valence-corrected chi connectivity index (χ3v) is 4.98. The molecule has 110 valence electrons. The fourth-order valence-electron chi connectivity index (χ4n) is 3.84. The Kier molecular flexibility index (Phi) is 4.42. The number of nitrogens with zero attached hydrogens (tertiary/aromatic N) is 1. The average Bonchev–Trinajstić information content (AvgIpc) is 2.85. The highest BCUT2D eigenvalue weighted by Crippen LogP contribution is 2.32. The molecular formula is C15H28N2O2. The molecule has 3 saturated heterocycles. The molecule has 3 unspecified atom stereocenters. The molecule has 0 radical (unpaired) electrons. The van der Waals surface area contributed by atoms with E-state index >= 15 is 0 Å². The Labute approximate surface area is 116 Å². The molecular weight excluding hydrogens is 240 g/mol. The molecule has 1 spiro atoms. The van der Waals surface area contributed by atoms with Crippen LogP contribution < -0.4 is 5.32 Å². The lowest BCUT2D eigenvalue weighted by molar-refractivity contribution is -0.0896. The van der Waals surface area contributed by atoms with Crippen molar-refractivity contribution in [2.75, 3.05) is 46.5 Å². The molecule has 0 aromatic carbocycles. The molecule has 19 heavy (non-hydrogen) atoms. The summed E-state index contributed by atoms with van der Waals surface area (Å²) in [4.78, 5) is 2.46. The molecule has 1 N–H and O–H groups in total. The number of hydrogen-bond donors (Lipinski definition) is 1. The van der Waals surface area contributed by atoms with E-state index in [-0.39, 0.29) is 5.60 Å². The van der Waals surface area contributed by atoms with Crippen LogP contribution in [0.1, 0.15) is 32.1 Å². The van der Waals surface area contributed by atoms with Crippen molar-refractivity contribution in [2.24, 2.45) is 5.92 Å². The van der Waals surface area contributed by atoms with Crippen molar-refractivity contribution >= 4 is 0 Å². The van der Waals surface area contributed by atoms with Crippen molar-refractivity contribution in [3.63, 3.8) is 0 Å². The smallest absolute Gasteiger partial charge is 0.0951 e. The minimum Gasteiger partial charge on any atom is -0.378 e. The summed E-state index contributed by atoms with van der Waals surface area (Å²) in [7, 11) is 2.24. The van der Waals surface area contributed by atoms with Crippen LogP contribution in [0, 0.1) is 5.92 Å². The molecule has 0 aromatic rings. The SMILES string of the molecule is CN1CCCC(CNC2CCOC3(CCOC3)C2)C1. The third kappa shape index (κ3) is 3.48. The van der Waals surface area contributed by atoms with E-state index in [1.807, 2.05) is 0 Å². The monoisotopic (exact) mass is 268 g/mol. The zero-order chi connectivity index (χ0) is 13.1. The topological polar surface area (TPSA) is 33.7 Å². The van der Waals surface area contributed by atoms with E-state index in [4.69, 9.17) is 9.47 Å². The van der Waals surface area contributed by atoms with Gasteiger partial charge in [0, 0.05) is 32.2 Å². The molecule has 3 heterocycles. The molecule has 4 nitrogen and oxygen atoms in total. The fraction of sp³-hybridized carbons (Fsp3) is 1.00. The average molecular weight is 268 g/mol. The maximum Gasteiger partial charge on any atom is 0.0951 e. The summed E-state index contributed by atoms with van der Waals surface area (Å²) in [5, 5.41) is 3.80. The van der Waals surface area contributed by atoms with E-state index in [1.165, 1.54) is 32.5 Å². The standard InChI is InChI=1S/C15H28N2O2/c1-17-6-2-3-13(11-17)10-16-14-4-7-19-15(9-14)5-8-18-12-15/h13-14,16H,2-12H2,1H3. The first-order valence-corrected chi connectivity index (χ1v) is 7.89. The highest BCUT2D eigenvalue weighted by molar-refractivity contribution is 4.93. The highest BCUT2D eigenvalue weighted by atomic mass is 16.6. The summed E-state index contributed by atoms with van der Waals surface area (Å²) in [5.41, 5.74) is 0.0409. The fourth-order valence-corrected chi connectivity index (χ4v) is 3.84. The molecule has 3 fully saturated rings. The molecule has 3 atom stereocenters. The molecule has 4 heteroatoms. The Morgan fingerprint density at radius 3 is 3.05 bits per heavy atom. The van der Waals surface area contributed by atoms with Crippen LogP contribution in [0.3, 0.4) is 0 Å². The van der Waals surface area contributed by atoms with Crippen LogP contribution in [0.15, 0.2) is 0 Å². The number of piperidine rings is 1. The van der Waals surface area contributed by atoms with Gasteiger partial charge in [-0.3, -0.25) is 0 Å². The van der Waals surface area contributed by atoms with E-state index in [0.29, 0.717) is 6.04 Å². The lowest BCUT2D eigenvalue weighted by Crippen LogP contribution is -2.49. The van der Waals surface area contributed by atoms with E-state index in [9.17, 15) is 0 Å². The number of ether oxygens (including phenoxy) is 2. The van der Waals surface area contributed by atoms with Gasteiger partial charge in [0.05, 0.1) is 12.2 Å². The van der Waals surface area contributed by atoms with Crippen molar-refractivity contribution in [2.45, 2.75) is 43.7 Å². The van der Waals surface area contributed by atoms with E-state index in [0.717, 1.165) is 45.0 Å². The van der Waals surface area contributed by atoms with Gasteiger partial charge in [-0.1, -0.05) is 0 Å². The van der Waals surface area contributed by atoms with Crippen molar-refractivity contribution in [1.29, 1.82) is 0 Å². The lowest BCUT2D eigenvalue weighted by atomic mass is 9.89. The first-order chi connectivity index (χ1) is 9.26. The zero-order valence-corrected chi connectivity index (χ0v) is 12.2. The Morgan fingerprint density at radius 1 is 1.32 bits per heavy atom. The van der Waals surface area contributed by atoms with Gasteiger partial charge in [-0.15, -0.1) is 0 Å². The summed E-state index contributed by atoms with van der Waals surface area (Å²) in [6.07, 6.45) is 6.11. The lowest BCUT2D eigenvalue weighted by Gasteiger charge is -2.38. The summed E-state index contributed by atoms with van der Waals surface area (Å²) in [6, 6.07) is 0.627. The summed E-state index contributed by atoms with van der Waals surface area (Å²) in [5.74, 6) is 0.831. The van der Waals surface area contributed by atoms with Crippen molar-refractivity contribution < 1.29 is 9.47 Å². The van der Waals surface area contributed by atoms with Gasteiger partial charge in [-0.05, 0) is 51.7 Å². The van der Waals surface area contributed by atoms with Gasteiger partial charge in [-0.25, -0.2) is 0 Å². The Bertz CT molecular complexity index is 292. The van der Waals surface area contributed by atoms with Crippen LogP contribution in [0.25, 0.3) is 0 Å². The van der Waals surface area contributed by atoms with Gasteiger partial charge >= 0.3 is 0 Å². The number of hydrogen-bond acceptors (Lipinski definition) is 4. The predicted octanol–water partition coefficient (Wildman–Crippen LogP) is 1.26. The van der Waals surface area contributed by atoms with Gasteiger partial charge in [0.25, 0.3) is 0 Å². The Morgan fingerprint density at radius 2 is 2.26 bits per heavy atom. The summed E-state index contributed by atoms with van der Waals surface area (Å²) >= 11 is 0. The second-order valence-electron chi connectivity index (χ2n) is 6.70. The van der Waals surface area contributed by atoms with Crippen LogP contribution in [0.2, 0.25) is 0 Å². The van der Waals surface area contributed by atoms with Crippen LogP contribution >= 0.6 is 0 Å². The van der Waals surface area contributed by atoms with Crippen molar-refractivity contribution in [3.8, 4) is 0 Å². The second-order valence-corrected chi connectivity index (χ2v) is 6.70.